The molecule has 1 nitrogen and oxygen atoms in total. The van der Waals surface area contributed by atoms with Crippen LogP contribution in [0.3, 0.4) is 0 Å². The van der Waals surface area contributed by atoms with Gasteiger partial charge in [-0.3, -0.25) is 0 Å². The van der Waals surface area contributed by atoms with E-state index in [-0.39, 0.29) is 5.41 Å². The van der Waals surface area contributed by atoms with Gasteiger partial charge in [-0.25, -0.2) is 0 Å². The minimum atomic E-state index is 0.269. The maximum Gasteiger partial charge on any atom is 0.00857 e. The van der Waals surface area contributed by atoms with Gasteiger partial charge in [0.15, 0.2) is 0 Å². The number of benzene rings is 1. The fraction of sp³-hybridized carbons (Fsp3) is 0.538. The summed E-state index contributed by atoms with van der Waals surface area (Å²) in [6.45, 7) is 5.42. The predicted octanol–water partition coefficient (Wildman–Crippen LogP) is 2.70. The van der Waals surface area contributed by atoms with Crippen LogP contribution in [0.4, 0.5) is 0 Å². The fourth-order valence-electron chi connectivity index (χ4n) is 3.04. The second-order valence-corrected chi connectivity index (χ2v) is 5.37. The van der Waals surface area contributed by atoms with Crippen LogP contribution in [-0.2, 0) is 5.41 Å². The van der Waals surface area contributed by atoms with Gasteiger partial charge in [-0.1, -0.05) is 44.2 Å². The minimum absolute atomic E-state index is 0.269. The average Bonchev–Trinajstić information content (AvgIpc) is 2.15. The number of hydrogen-bond acceptors (Lipinski definition) is 1. The summed E-state index contributed by atoms with van der Waals surface area (Å²) in [6, 6.07) is 10.7. The van der Waals surface area contributed by atoms with E-state index in [0.717, 1.165) is 6.54 Å². The zero-order valence-corrected chi connectivity index (χ0v) is 9.09. The number of hydrogen-bond donors (Lipinski definition) is 1. The summed E-state index contributed by atoms with van der Waals surface area (Å²) in [5.74, 6) is 0. The highest BCUT2D eigenvalue weighted by Crippen LogP contribution is 2.54. The standard InChI is InChI=1S/C13H19N/c1-12(2)8-13(9-12,10-14)11-6-4-3-5-7-11/h3-7H,8-10,14H2,1-2H3. The second-order valence-electron chi connectivity index (χ2n) is 5.37. The van der Waals surface area contributed by atoms with Crippen LogP contribution in [0.15, 0.2) is 30.3 Å². The molecule has 2 rings (SSSR count). The van der Waals surface area contributed by atoms with Crippen molar-refractivity contribution in [1.29, 1.82) is 0 Å². The summed E-state index contributed by atoms with van der Waals surface area (Å²) in [6.07, 6.45) is 2.45. The molecule has 14 heavy (non-hydrogen) atoms. The van der Waals surface area contributed by atoms with Crippen LogP contribution in [0.25, 0.3) is 0 Å². The third-order valence-corrected chi connectivity index (χ3v) is 3.41. The molecule has 0 saturated heterocycles. The van der Waals surface area contributed by atoms with Gasteiger partial charge < -0.3 is 5.73 Å². The molecule has 0 aliphatic heterocycles. The predicted molar refractivity (Wildman–Crippen MR) is 60.2 cm³/mol. The van der Waals surface area contributed by atoms with E-state index in [1.54, 1.807) is 0 Å². The van der Waals surface area contributed by atoms with E-state index in [2.05, 4.69) is 44.2 Å². The van der Waals surface area contributed by atoms with Crippen LogP contribution >= 0.6 is 0 Å². The van der Waals surface area contributed by atoms with Gasteiger partial charge in [-0.2, -0.15) is 0 Å². The summed E-state index contributed by atoms with van der Waals surface area (Å²) in [5, 5.41) is 0. The van der Waals surface area contributed by atoms with Gasteiger partial charge in [0, 0.05) is 12.0 Å². The molecule has 2 N–H and O–H groups in total. The molecule has 1 saturated carbocycles. The molecule has 1 fully saturated rings. The highest BCUT2D eigenvalue weighted by atomic mass is 14.7. The van der Waals surface area contributed by atoms with E-state index in [1.807, 2.05) is 0 Å². The van der Waals surface area contributed by atoms with Gasteiger partial charge in [0.25, 0.3) is 0 Å². The zero-order valence-electron chi connectivity index (χ0n) is 9.09. The van der Waals surface area contributed by atoms with E-state index in [9.17, 15) is 0 Å². The van der Waals surface area contributed by atoms with Crippen LogP contribution in [-0.4, -0.2) is 6.54 Å². The van der Waals surface area contributed by atoms with E-state index < -0.39 is 0 Å². The van der Waals surface area contributed by atoms with Crippen molar-refractivity contribution in [2.45, 2.75) is 32.1 Å². The molecule has 76 valence electrons. The highest BCUT2D eigenvalue weighted by molar-refractivity contribution is 5.30. The monoisotopic (exact) mass is 189 g/mol. The smallest absolute Gasteiger partial charge is 0.00857 e. The zero-order chi connectivity index (χ0) is 10.2. The summed E-state index contributed by atoms with van der Waals surface area (Å²) in [7, 11) is 0. The summed E-state index contributed by atoms with van der Waals surface area (Å²) < 4.78 is 0. The van der Waals surface area contributed by atoms with Crippen molar-refractivity contribution in [3.63, 3.8) is 0 Å². The molecule has 0 amide bonds. The minimum Gasteiger partial charge on any atom is -0.330 e. The maximum absolute atomic E-state index is 5.92. The summed E-state index contributed by atoms with van der Waals surface area (Å²) >= 11 is 0. The molecule has 1 aromatic carbocycles. The molecule has 0 bridgehead atoms. The Bertz CT molecular complexity index is 305. The lowest BCUT2D eigenvalue weighted by Crippen LogP contribution is -2.51. The van der Waals surface area contributed by atoms with Crippen molar-refractivity contribution in [3.8, 4) is 0 Å². The van der Waals surface area contributed by atoms with Crippen molar-refractivity contribution in [2.24, 2.45) is 11.1 Å². The fourth-order valence-corrected chi connectivity index (χ4v) is 3.04. The maximum atomic E-state index is 5.92. The van der Waals surface area contributed by atoms with E-state index in [4.69, 9.17) is 5.73 Å². The molecule has 0 spiro atoms. The lowest BCUT2D eigenvalue weighted by Gasteiger charge is -2.53. The first-order chi connectivity index (χ1) is 6.58. The van der Waals surface area contributed by atoms with E-state index >= 15 is 0 Å². The molecule has 0 aromatic heterocycles. The third-order valence-electron chi connectivity index (χ3n) is 3.41. The van der Waals surface area contributed by atoms with Crippen molar-refractivity contribution < 1.29 is 0 Å². The Morgan fingerprint density at radius 1 is 1.14 bits per heavy atom. The third kappa shape index (κ3) is 1.46. The molecular formula is C13H19N. The quantitative estimate of drug-likeness (QED) is 0.760. The summed E-state index contributed by atoms with van der Waals surface area (Å²) in [5.41, 5.74) is 8.09. The van der Waals surface area contributed by atoms with Crippen molar-refractivity contribution in [1.82, 2.24) is 0 Å². The molecule has 0 radical (unpaired) electrons. The normalized spacial score (nSPS) is 22.8. The van der Waals surface area contributed by atoms with Gasteiger partial charge >= 0.3 is 0 Å². The highest BCUT2D eigenvalue weighted by Gasteiger charge is 2.48. The molecule has 1 aliphatic carbocycles. The van der Waals surface area contributed by atoms with Crippen LogP contribution in [0, 0.1) is 5.41 Å². The molecular weight excluding hydrogens is 170 g/mol. The lowest BCUT2D eigenvalue weighted by molar-refractivity contribution is 0.0634. The lowest BCUT2D eigenvalue weighted by atomic mass is 9.52. The molecule has 1 aromatic rings. The Kier molecular flexibility index (Phi) is 2.15. The van der Waals surface area contributed by atoms with Gasteiger partial charge in [0.05, 0.1) is 0 Å². The largest absolute Gasteiger partial charge is 0.330 e. The van der Waals surface area contributed by atoms with E-state index in [1.165, 1.54) is 18.4 Å². The van der Waals surface area contributed by atoms with Crippen molar-refractivity contribution in [3.05, 3.63) is 35.9 Å². The number of rotatable bonds is 2. The molecule has 1 aliphatic rings. The SMILES string of the molecule is CC1(C)CC(CN)(c2ccccc2)C1. The first kappa shape index (κ1) is 9.72. The second kappa shape index (κ2) is 3.09. The molecule has 0 unspecified atom stereocenters. The van der Waals surface area contributed by atoms with Crippen molar-refractivity contribution in [2.75, 3.05) is 6.54 Å². The van der Waals surface area contributed by atoms with Gasteiger partial charge in [0.1, 0.15) is 0 Å². The van der Waals surface area contributed by atoms with Gasteiger partial charge in [0.2, 0.25) is 0 Å². The first-order valence-electron chi connectivity index (χ1n) is 5.34. The Balaban J connectivity index is 2.25. The number of nitrogens with two attached hydrogens (primary N) is 1. The van der Waals surface area contributed by atoms with Gasteiger partial charge in [-0.05, 0) is 23.8 Å². The Morgan fingerprint density at radius 2 is 1.71 bits per heavy atom. The molecule has 0 atom stereocenters. The van der Waals surface area contributed by atoms with Crippen LogP contribution in [0.5, 0.6) is 0 Å². The van der Waals surface area contributed by atoms with E-state index in [0.29, 0.717) is 5.41 Å². The summed E-state index contributed by atoms with van der Waals surface area (Å²) in [4.78, 5) is 0. The topological polar surface area (TPSA) is 26.0 Å². The average molecular weight is 189 g/mol. The van der Waals surface area contributed by atoms with Crippen molar-refractivity contribution >= 4 is 0 Å². The Hall–Kier alpha value is -0.820. The van der Waals surface area contributed by atoms with Crippen LogP contribution in [0.2, 0.25) is 0 Å². The molecule has 0 heterocycles. The first-order valence-corrected chi connectivity index (χ1v) is 5.34. The molecule has 1 heteroatoms. The Morgan fingerprint density at radius 3 is 2.14 bits per heavy atom. The Labute approximate surface area is 86.3 Å². The van der Waals surface area contributed by atoms with Crippen LogP contribution in [0.1, 0.15) is 32.3 Å². The van der Waals surface area contributed by atoms with Crippen LogP contribution < -0.4 is 5.73 Å². The van der Waals surface area contributed by atoms with Gasteiger partial charge in [-0.15, -0.1) is 0 Å².